The Morgan fingerprint density at radius 3 is 2.58 bits per heavy atom. The molecule has 1 unspecified atom stereocenters. The summed E-state index contributed by atoms with van der Waals surface area (Å²) in [6, 6.07) is 6.35. The second-order valence-corrected chi connectivity index (χ2v) is 8.92. The summed E-state index contributed by atoms with van der Waals surface area (Å²) in [4.78, 5) is 6.44. The summed E-state index contributed by atoms with van der Waals surface area (Å²) < 4.78 is 30.9. The molecule has 1 atom stereocenters. The van der Waals surface area contributed by atoms with Gasteiger partial charge in [0, 0.05) is 34.9 Å². The number of para-hydroxylation sites is 1. The number of benzene rings is 1. The van der Waals surface area contributed by atoms with Crippen LogP contribution in [0.25, 0.3) is 0 Å². The van der Waals surface area contributed by atoms with Crippen molar-refractivity contribution in [3.05, 3.63) is 30.1 Å². The molecule has 1 rings (SSSR count). The maximum atomic E-state index is 13.5. The second kappa shape index (κ2) is 12.5. The van der Waals surface area contributed by atoms with Gasteiger partial charge in [-0.15, -0.1) is 24.0 Å². The van der Waals surface area contributed by atoms with Gasteiger partial charge < -0.3 is 15.0 Å². The molecule has 0 aromatic heterocycles. The van der Waals surface area contributed by atoms with Gasteiger partial charge in [0.2, 0.25) is 0 Å². The van der Waals surface area contributed by atoms with Gasteiger partial charge in [-0.1, -0.05) is 12.1 Å². The van der Waals surface area contributed by atoms with E-state index in [2.05, 4.69) is 10.3 Å². The normalized spacial score (nSPS) is 12.9. The van der Waals surface area contributed by atoms with E-state index in [0.717, 1.165) is 12.5 Å². The number of likely N-dealkylation sites (N-methyl/N-ethyl adjacent to an activating group) is 1. The molecule has 0 amide bonds. The maximum Gasteiger partial charge on any atom is 0.193 e. The molecular weight excluding hydrogens is 468 g/mol. The Balaban J connectivity index is 0.00000625. The van der Waals surface area contributed by atoms with Crippen LogP contribution in [0.1, 0.15) is 27.7 Å². The van der Waals surface area contributed by atoms with Crippen LogP contribution in [0, 0.1) is 5.82 Å². The first kappa shape index (κ1) is 25.1. The highest BCUT2D eigenvalue weighted by atomic mass is 127. The van der Waals surface area contributed by atoms with Crippen molar-refractivity contribution in [2.75, 3.05) is 39.0 Å². The van der Waals surface area contributed by atoms with Gasteiger partial charge in [0.05, 0.1) is 13.1 Å². The van der Waals surface area contributed by atoms with Crippen LogP contribution in [0.5, 0.6) is 5.75 Å². The van der Waals surface area contributed by atoms with Crippen molar-refractivity contribution in [3.8, 4) is 5.75 Å². The number of hydrogen-bond donors (Lipinski definition) is 1. The molecule has 1 aromatic rings. The van der Waals surface area contributed by atoms with E-state index in [-0.39, 0.29) is 40.3 Å². The number of ether oxygens (including phenoxy) is 1. The lowest BCUT2D eigenvalue weighted by Crippen LogP contribution is -2.41. The lowest BCUT2D eigenvalue weighted by molar-refractivity contribution is 0.270. The number of hydrogen-bond acceptors (Lipinski definition) is 3. The van der Waals surface area contributed by atoms with E-state index < -0.39 is 10.8 Å². The smallest absolute Gasteiger partial charge is 0.193 e. The van der Waals surface area contributed by atoms with Crippen molar-refractivity contribution in [2.45, 2.75) is 32.4 Å². The van der Waals surface area contributed by atoms with Crippen LogP contribution < -0.4 is 10.1 Å². The number of guanidine groups is 1. The van der Waals surface area contributed by atoms with E-state index in [4.69, 9.17) is 4.74 Å². The summed E-state index contributed by atoms with van der Waals surface area (Å²) in [6.45, 7) is 10.0. The third kappa shape index (κ3) is 9.16. The molecule has 0 fully saturated rings. The molecule has 1 N–H and O–H groups in total. The summed E-state index contributed by atoms with van der Waals surface area (Å²) in [5.41, 5.74) is 0. The average molecular weight is 499 g/mol. The highest BCUT2D eigenvalue weighted by molar-refractivity contribution is 14.0. The molecule has 0 aliphatic carbocycles. The molecule has 0 saturated carbocycles. The topological polar surface area (TPSA) is 53.9 Å². The highest BCUT2D eigenvalue weighted by Crippen LogP contribution is 2.15. The van der Waals surface area contributed by atoms with Crippen molar-refractivity contribution in [1.82, 2.24) is 10.2 Å². The Morgan fingerprint density at radius 2 is 2.00 bits per heavy atom. The molecule has 0 bridgehead atoms. The van der Waals surface area contributed by atoms with Crippen molar-refractivity contribution in [1.29, 1.82) is 0 Å². The third-order valence-corrected chi connectivity index (χ3v) is 5.36. The molecule has 0 radical (unpaired) electrons. The molecular formula is C18H31FIN3O2S. The highest BCUT2D eigenvalue weighted by Gasteiger charge is 2.18. The molecule has 150 valence electrons. The molecule has 0 aliphatic heterocycles. The molecule has 0 heterocycles. The molecule has 0 saturated heterocycles. The maximum absolute atomic E-state index is 13.5. The predicted molar refractivity (Wildman–Crippen MR) is 119 cm³/mol. The van der Waals surface area contributed by atoms with Crippen LogP contribution in [-0.2, 0) is 10.8 Å². The molecule has 26 heavy (non-hydrogen) atoms. The standard InChI is InChI=1S/C18H30FN3O2S.HI/c1-6-20-17(21-11-14-25(23)18(2,3)4)22(5)12-13-24-16-10-8-7-9-15(16)19;/h7-10H,6,11-14H2,1-5H3,(H,20,21);1H. The van der Waals surface area contributed by atoms with E-state index in [0.29, 0.717) is 25.4 Å². The Labute approximate surface area is 176 Å². The third-order valence-electron chi connectivity index (χ3n) is 3.44. The van der Waals surface area contributed by atoms with Crippen molar-refractivity contribution in [2.24, 2.45) is 4.99 Å². The summed E-state index contributed by atoms with van der Waals surface area (Å²) in [7, 11) is 0.972. The minimum atomic E-state index is -0.924. The van der Waals surface area contributed by atoms with Crippen LogP contribution in [-0.4, -0.2) is 58.9 Å². The van der Waals surface area contributed by atoms with Gasteiger partial charge in [-0.25, -0.2) is 4.39 Å². The predicted octanol–water partition coefficient (Wildman–Crippen LogP) is 3.27. The van der Waals surface area contributed by atoms with Crippen LogP contribution in [0.3, 0.4) is 0 Å². The second-order valence-electron chi connectivity index (χ2n) is 6.60. The molecule has 1 aromatic carbocycles. The van der Waals surface area contributed by atoms with Gasteiger partial charge >= 0.3 is 0 Å². The lowest BCUT2D eigenvalue weighted by atomic mass is 10.3. The lowest BCUT2D eigenvalue weighted by Gasteiger charge is -2.22. The van der Waals surface area contributed by atoms with Crippen molar-refractivity contribution >= 4 is 40.7 Å². The fraction of sp³-hybridized carbons (Fsp3) is 0.611. The van der Waals surface area contributed by atoms with Gasteiger partial charge in [-0.3, -0.25) is 9.20 Å². The van der Waals surface area contributed by atoms with E-state index in [9.17, 15) is 8.60 Å². The van der Waals surface area contributed by atoms with E-state index in [1.54, 1.807) is 18.2 Å². The van der Waals surface area contributed by atoms with Gasteiger partial charge in [-0.2, -0.15) is 0 Å². The van der Waals surface area contributed by atoms with E-state index in [1.807, 2.05) is 39.6 Å². The zero-order valence-corrected chi connectivity index (χ0v) is 19.4. The zero-order valence-electron chi connectivity index (χ0n) is 16.3. The summed E-state index contributed by atoms with van der Waals surface area (Å²) in [5, 5.41) is 3.20. The number of rotatable bonds is 8. The van der Waals surface area contributed by atoms with Crippen LogP contribution in [0.4, 0.5) is 4.39 Å². The minimum Gasteiger partial charge on any atom is -0.489 e. The zero-order chi connectivity index (χ0) is 18.9. The summed E-state index contributed by atoms with van der Waals surface area (Å²) in [5.74, 6) is 1.14. The van der Waals surface area contributed by atoms with Crippen molar-refractivity contribution < 1.29 is 13.3 Å². The quantitative estimate of drug-likeness (QED) is 0.339. The number of nitrogens with one attached hydrogen (secondary N) is 1. The minimum absolute atomic E-state index is 0. The number of halogens is 2. The average Bonchev–Trinajstić information content (AvgIpc) is 2.54. The van der Waals surface area contributed by atoms with E-state index >= 15 is 0 Å². The fourth-order valence-corrected chi connectivity index (χ4v) is 2.84. The Kier molecular flexibility index (Phi) is 12.0. The number of aliphatic imine (C=N–C) groups is 1. The Bertz CT molecular complexity index is 594. The van der Waals surface area contributed by atoms with Gasteiger partial charge in [0.1, 0.15) is 6.61 Å². The van der Waals surface area contributed by atoms with Crippen LogP contribution in [0.2, 0.25) is 0 Å². The van der Waals surface area contributed by atoms with Crippen LogP contribution >= 0.6 is 24.0 Å². The first-order chi connectivity index (χ1) is 11.8. The SMILES string of the molecule is CCNC(=NCCS(=O)C(C)(C)C)N(C)CCOc1ccccc1F.I. The number of nitrogens with zero attached hydrogens (tertiary/aromatic N) is 2. The monoisotopic (exact) mass is 499 g/mol. The van der Waals surface area contributed by atoms with E-state index in [1.165, 1.54) is 6.07 Å². The summed E-state index contributed by atoms with van der Waals surface area (Å²) >= 11 is 0. The Hall–Kier alpha value is -0.900. The van der Waals surface area contributed by atoms with Crippen molar-refractivity contribution in [3.63, 3.8) is 0 Å². The molecule has 0 spiro atoms. The Morgan fingerprint density at radius 1 is 1.35 bits per heavy atom. The largest absolute Gasteiger partial charge is 0.489 e. The first-order valence-corrected chi connectivity index (χ1v) is 9.83. The van der Waals surface area contributed by atoms with Crippen LogP contribution in [0.15, 0.2) is 29.3 Å². The fourth-order valence-electron chi connectivity index (χ4n) is 1.97. The molecule has 5 nitrogen and oxygen atoms in total. The first-order valence-electron chi connectivity index (χ1n) is 8.51. The van der Waals surface area contributed by atoms with Gasteiger partial charge in [0.25, 0.3) is 0 Å². The molecule has 8 heteroatoms. The van der Waals surface area contributed by atoms with Gasteiger partial charge in [-0.05, 0) is 39.8 Å². The molecule has 0 aliphatic rings. The van der Waals surface area contributed by atoms with Gasteiger partial charge in [0.15, 0.2) is 17.5 Å². The summed E-state index contributed by atoms with van der Waals surface area (Å²) in [6.07, 6.45) is 0.